The highest BCUT2D eigenvalue weighted by molar-refractivity contribution is 5.89. The van der Waals surface area contributed by atoms with Crippen LogP contribution in [0.2, 0.25) is 0 Å². The van der Waals surface area contributed by atoms with Crippen molar-refractivity contribution in [1.82, 2.24) is 0 Å². The predicted molar refractivity (Wildman–Crippen MR) is 88.5 cm³/mol. The fourth-order valence-corrected chi connectivity index (χ4v) is 2.21. The SMILES string of the molecule is COC(=O)c1ccc(COc2ccc(CC(C)CO)cc2)cc1. The third-order valence-electron chi connectivity index (χ3n) is 3.60. The molecule has 1 N–H and O–H groups in total. The van der Waals surface area contributed by atoms with Gasteiger partial charge in [-0.2, -0.15) is 0 Å². The summed E-state index contributed by atoms with van der Waals surface area (Å²) >= 11 is 0. The van der Waals surface area contributed by atoms with Crippen molar-refractivity contribution < 1.29 is 19.4 Å². The Kier molecular flexibility index (Phi) is 6.18. The highest BCUT2D eigenvalue weighted by Crippen LogP contribution is 2.17. The minimum atomic E-state index is -0.342. The lowest BCUT2D eigenvalue weighted by atomic mass is 10.0. The smallest absolute Gasteiger partial charge is 0.337 e. The number of hydrogen-bond acceptors (Lipinski definition) is 4. The standard InChI is InChI=1S/C19H22O4/c1-14(12-20)11-15-5-9-18(10-6-15)23-13-16-3-7-17(8-4-16)19(21)22-2/h3-10,14,20H,11-13H2,1-2H3. The van der Waals surface area contributed by atoms with Crippen molar-refractivity contribution in [2.45, 2.75) is 20.0 Å². The van der Waals surface area contributed by atoms with E-state index in [2.05, 4.69) is 4.74 Å². The molecule has 0 amide bonds. The summed E-state index contributed by atoms with van der Waals surface area (Å²) in [5, 5.41) is 9.08. The molecule has 4 nitrogen and oxygen atoms in total. The molecule has 2 aromatic rings. The number of methoxy groups -OCH3 is 1. The van der Waals surface area contributed by atoms with Crippen LogP contribution in [0.25, 0.3) is 0 Å². The van der Waals surface area contributed by atoms with E-state index in [1.807, 2.05) is 43.3 Å². The van der Waals surface area contributed by atoms with Gasteiger partial charge in [-0.15, -0.1) is 0 Å². The summed E-state index contributed by atoms with van der Waals surface area (Å²) in [5.74, 6) is 0.711. The van der Waals surface area contributed by atoms with Crippen molar-refractivity contribution in [3.8, 4) is 5.75 Å². The zero-order valence-electron chi connectivity index (χ0n) is 13.5. The Bertz CT molecular complexity index is 617. The van der Waals surface area contributed by atoms with Crippen LogP contribution in [0.15, 0.2) is 48.5 Å². The Labute approximate surface area is 136 Å². The van der Waals surface area contributed by atoms with E-state index in [0.29, 0.717) is 12.2 Å². The van der Waals surface area contributed by atoms with Gasteiger partial charge < -0.3 is 14.6 Å². The van der Waals surface area contributed by atoms with Gasteiger partial charge in [-0.25, -0.2) is 4.79 Å². The molecule has 0 bridgehead atoms. The number of aliphatic hydroxyl groups is 1. The number of carbonyl (C=O) groups is 1. The maximum atomic E-state index is 11.4. The van der Waals surface area contributed by atoms with Crippen molar-refractivity contribution in [2.75, 3.05) is 13.7 Å². The van der Waals surface area contributed by atoms with Gasteiger partial charge in [-0.05, 0) is 47.7 Å². The van der Waals surface area contributed by atoms with Gasteiger partial charge in [0.2, 0.25) is 0 Å². The first kappa shape index (κ1) is 17.0. The largest absolute Gasteiger partial charge is 0.489 e. The van der Waals surface area contributed by atoms with Crippen molar-refractivity contribution in [1.29, 1.82) is 0 Å². The van der Waals surface area contributed by atoms with Gasteiger partial charge >= 0.3 is 5.97 Å². The lowest BCUT2D eigenvalue weighted by Crippen LogP contribution is -2.04. The van der Waals surface area contributed by atoms with Gasteiger partial charge in [0.05, 0.1) is 12.7 Å². The summed E-state index contributed by atoms with van der Waals surface area (Å²) in [4.78, 5) is 11.4. The van der Waals surface area contributed by atoms with Crippen LogP contribution in [0, 0.1) is 5.92 Å². The molecule has 0 aliphatic heterocycles. The van der Waals surface area contributed by atoms with E-state index in [0.717, 1.165) is 17.7 Å². The molecule has 0 fully saturated rings. The lowest BCUT2D eigenvalue weighted by Gasteiger charge is -2.10. The Hall–Kier alpha value is -2.33. The monoisotopic (exact) mass is 314 g/mol. The summed E-state index contributed by atoms with van der Waals surface area (Å²) in [6, 6.07) is 15.1. The first-order chi connectivity index (χ1) is 11.1. The average Bonchev–Trinajstić information content (AvgIpc) is 2.60. The second-order valence-electron chi connectivity index (χ2n) is 5.61. The molecule has 1 unspecified atom stereocenters. The Morgan fingerprint density at radius 2 is 1.65 bits per heavy atom. The first-order valence-electron chi connectivity index (χ1n) is 7.62. The van der Waals surface area contributed by atoms with Gasteiger partial charge in [0, 0.05) is 6.61 Å². The third-order valence-corrected chi connectivity index (χ3v) is 3.60. The summed E-state index contributed by atoms with van der Waals surface area (Å²) < 4.78 is 10.4. The normalized spacial score (nSPS) is 11.8. The zero-order valence-corrected chi connectivity index (χ0v) is 13.5. The maximum Gasteiger partial charge on any atom is 0.337 e. The highest BCUT2D eigenvalue weighted by atomic mass is 16.5. The maximum absolute atomic E-state index is 11.4. The van der Waals surface area contributed by atoms with Crippen LogP contribution >= 0.6 is 0 Å². The topological polar surface area (TPSA) is 55.8 Å². The van der Waals surface area contributed by atoms with Crippen molar-refractivity contribution in [2.24, 2.45) is 5.92 Å². The summed E-state index contributed by atoms with van der Waals surface area (Å²) in [7, 11) is 1.37. The van der Waals surface area contributed by atoms with Gasteiger partial charge in [0.1, 0.15) is 12.4 Å². The summed E-state index contributed by atoms with van der Waals surface area (Å²) in [5.41, 5.74) is 2.69. The molecule has 2 aromatic carbocycles. The van der Waals surface area contributed by atoms with Gasteiger partial charge in [-0.3, -0.25) is 0 Å². The van der Waals surface area contributed by atoms with E-state index in [1.165, 1.54) is 12.7 Å². The van der Waals surface area contributed by atoms with Crippen molar-refractivity contribution in [3.05, 3.63) is 65.2 Å². The number of carbonyl (C=O) groups excluding carboxylic acids is 1. The molecule has 0 spiro atoms. The molecule has 4 heteroatoms. The minimum Gasteiger partial charge on any atom is -0.489 e. The number of hydrogen-bond donors (Lipinski definition) is 1. The fourth-order valence-electron chi connectivity index (χ4n) is 2.21. The number of ether oxygens (including phenoxy) is 2. The van der Waals surface area contributed by atoms with Crippen LogP contribution < -0.4 is 4.74 Å². The molecule has 0 radical (unpaired) electrons. The van der Waals surface area contributed by atoms with Gasteiger partial charge in [0.25, 0.3) is 0 Å². The Balaban J connectivity index is 1.89. The zero-order chi connectivity index (χ0) is 16.7. The number of esters is 1. The van der Waals surface area contributed by atoms with Gasteiger partial charge in [0.15, 0.2) is 0 Å². The molecule has 0 heterocycles. The van der Waals surface area contributed by atoms with Crippen molar-refractivity contribution >= 4 is 5.97 Å². The van der Waals surface area contributed by atoms with Crippen LogP contribution in [0.3, 0.4) is 0 Å². The van der Waals surface area contributed by atoms with Gasteiger partial charge in [-0.1, -0.05) is 31.2 Å². The number of aliphatic hydroxyl groups excluding tert-OH is 1. The molecular weight excluding hydrogens is 292 g/mol. The van der Waals surface area contributed by atoms with E-state index in [9.17, 15) is 4.79 Å². The Morgan fingerprint density at radius 1 is 1.04 bits per heavy atom. The van der Waals surface area contributed by atoms with E-state index in [1.54, 1.807) is 12.1 Å². The lowest BCUT2D eigenvalue weighted by molar-refractivity contribution is 0.0600. The fraction of sp³-hybridized carbons (Fsp3) is 0.316. The molecule has 1 atom stereocenters. The van der Waals surface area contributed by atoms with Crippen LogP contribution in [-0.2, 0) is 17.8 Å². The molecular formula is C19H22O4. The van der Waals surface area contributed by atoms with Crippen LogP contribution in [-0.4, -0.2) is 24.8 Å². The molecule has 0 aliphatic rings. The average molecular weight is 314 g/mol. The third kappa shape index (κ3) is 5.11. The number of benzene rings is 2. The van der Waals surface area contributed by atoms with Crippen LogP contribution in [0.4, 0.5) is 0 Å². The van der Waals surface area contributed by atoms with Crippen LogP contribution in [0.1, 0.15) is 28.4 Å². The second kappa shape index (κ2) is 8.34. The van der Waals surface area contributed by atoms with Crippen LogP contribution in [0.5, 0.6) is 5.75 Å². The Morgan fingerprint density at radius 3 is 2.22 bits per heavy atom. The second-order valence-corrected chi connectivity index (χ2v) is 5.61. The molecule has 122 valence electrons. The summed E-state index contributed by atoms with van der Waals surface area (Å²) in [6.07, 6.45) is 0.853. The molecule has 0 aliphatic carbocycles. The molecule has 0 saturated carbocycles. The van der Waals surface area contributed by atoms with E-state index >= 15 is 0 Å². The quantitative estimate of drug-likeness (QED) is 0.797. The summed E-state index contributed by atoms with van der Waals surface area (Å²) in [6.45, 7) is 2.65. The predicted octanol–water partition coefficient (Wildman–Crippen LogP) is 3.22. The molecule has 0 saturated heterocycles. The molecule has 2 rings (SSSR count). The molecule has 0 aromatic heterocycles. The minimum absolute atomic E-state index is 0.194. The first-order valence-corrected chi connectivity index (χ1v) is 7.62. The highest BCUT2D eigenvalue weighted by Gasteiger charge is 2.05. The van der Waals surface area contributed by atoms with E-state index in [-0.39, 0.29) is 18.5 Å². The molecule has 23 heavy (non-hydrogen) atoms. The van der Waals surface area contributed by atoms with Crippen molar-refractivity contribution in [3.63, 3.8) is 0 Å². The van der Waals surface area contributed by atoms with E-state index in [4.69, 9.17) is 9.84 Å². The number of rotatable bonds is 7. The van der Waals surface area contributed by atoms with E-state index < -0.39 is 0 Å².